The maximum absolute atomic E-state index is 12.7. The van der Waals surface area contributed by atoms with E-state index < -0.39 is 33.7 Å². The second-order valence-corrected chi connectivity index (χ2v) is 9.08. The molecule has 2 N–H and O–H groups in total. The maximum Gasteiger partial charge on any atom is 0.307 e. The van der Waals surface area contributed by atoms with Gasteiger partial charge in [0.2, 0.25) is 15.9 Å². The number of carboxylic acids is 1. The van der Waals surface area contributed by atoms with Crippen molar-refractivity contribution >= 4 is 39.2 Å². The molecule has 3 rings (SSSR count). The first kappa shape index (κ1) is 19.9. The Balaban J connectivity index is 1.83. The van der Waals surface area contributed by atoms with Crippen LogP contribution in [0.3, 0.4) is 0 Å². The molecule has 1 aliphatic heterocycles. The molecule has 27 heavy (non-hydrogen) atoms. The number of carboxylic acid groups (broad SMARTS) is 1. The van der Waals surface area contributed by atoms with E-state index in [1.165, 1.54) is 22.5 Å². The minimum absolute atomic E-state index is 0.0578. The molecule has 9 heteroatoms. The van der Waals surface area contributed by atoms with Gasteiger partial charge in [-0.1, -0.05) is 23.8 Å². The summed E-state index contributed by atoms with van der Waals surface area (Å²) in [5, 5.41) is 12.1. The number of nitrogens with one attached hydrogen (secondary N) is 1. The van der Waals surface area contributed by atoms with Gasteiger partial charge in [0.15, 0.2) is 0 Å². The third kappa shape index (κ3) is 4.17. The van der Waals surface area contributed by atoms with Gasteiger partial charge in [-0.15, -0.1) is 0 Å². The number of carbonyl (C=O) groups excluding carboxylic acids is 1. The average Bonchev–Trinajstić information content (AvgIpc) is 3.19. The van der Waals surface area contributed by atoms with Gasteiger partial charge in [0.05, 0.1) is 27.4 Å². The summed E-state index contributed by atoms with van der Waals surface area (Å²) < 4.78 is 26.8. The standard InChI is InChI=1S/C18H21ClN2O5S/c19-15-8-7-12(27(25,26)21-9-3-4-10-21)11-16(15)20-17(22)13-5-1-2-6-14(13)18(23)24/h1-2,7-8,11,13-14H,3-6,9-10H2,(H,20,22)(H,23,24)/t13-,14+/m0/s1. The number of hydrogen-bond donors (Lipinski definition) is 2. The average molecular weight is 413 g/mol. The largest absolute Gasteiger partial charge is 0.481 e. The van der Waals surface area contributed by atoms with Gasteiger partial charge in [0, 0.05) is 13.1 Å². The number of benzene rings is 1. The molecule has 1 aliphatic carbocycles. The summed E-state index contributed by atoms with van der Waals surface area (Å²) in [5.41, 5.74) is 0.167. The second kappa shape index (κ2) is 8.00. The van der Waals surface area contributed by atoms with Gasteiger partial charge >= 0.3 is 5.97 Å². The number of carbonyl (C=O) groups is 2. The molecule has 0 aromatic heterocycles. The van der Waals surface area contributed by atoms with Crippen LogP contribution in [-0.4, -0.2) is 42.8 Å². The van der Waals surface area contributed by atoms with E-state index in [2.05, 4.69) is 5.32 Å². The van der Waals surface area contributed by atoms with Crippen LogP contribution in [0.2, 0.25) is 5.02 Å². The number of nitrogens with zero attached hydrogens (tertiary/aromatic N) is 1. The number of aliphatic carboxylic acids is 1. The molecule has 1 fully saturated rings. The topological polar surface area (TPSA) is 104 Å². The van der Waals surface area contributed by atoms with Gasteiger partial charge in [-0.3, -0.25) is 9.59 Å². The van der Waals surface area contributed by atoms with E-state index in [1.54, 1.807) is 12.2 Å². The van der Waals surface area contributed by atoms with E-state index in [0.717, 1.165) is 12.8 Å². The molecule has 2 atom stereocenters. The Morgan fingerprint density at radius 2 is 1.74 bits per heavy atom. The normalized spacial score (nSPS) is 23.3. The van der Waals surface area contributed by atoms with Gasteiger partial charge in [-0.05, 0) is 43.9 Å². The minimum Gasteiger partial charge on any atom is -0.481 e. The number of amides is 1. The highest BCUT2D eigenvalue weighted by Crippen LogP contribution is 2.31. The molecule has 146 valence electrons. The van der Waals surface area contributed by atoms with Crippen molar-refractivity contribution in [3.8, 4) is 0 Å². The van der Waals surface area contributed by atoms with E-state index in [4.69, 9.17) is 11.6 Å². The fourth-order valence-corrected chi connectivity index (χ4v) is 5.15. The zero-order chi connectivity index (χ0) is 19.6. The van der Waals surface area contributed by atoms with Crippen molar-refractivity contribution in [1.82, 2.24) is 4.31 Å². The van der Waals surface area contributed by atoms with Crippen molar-refractivity contribution in [3.63, 3.8) is 0 Å². The number of hydrogen-bond acceptors (Lipinski definition) is 4. The first-order chi connectivity index (χ1) is 12.8. The Kier molecular flexibility index (Phi) is 5.88. The van der Waals surface area contributed by atoms with Crippen molar-refractivity contribution < 1.29 is 23.1 Å². The summed E-state index contributed by atoms with van der Waals surface area (Å²) in [7, 11) is -3.64. The SMILES string of the molecule is O=C(Nc1cc(S(=O)(=O)N2CCCC2)ccc1Cl)[C@H]1CC=CC[C@H]1C(=O)O. The Labute approximate surface area is 163 Å². The Morgan fingerprint density at radius 1 is 1.11 bits per heavy atom. The lowest BCUT2D eigenvalue weighted by molar-refractivity contribution is -0.146. The van der Waals surface area contributed by atoms with E-state index in [-0.39, 0.29) is 22.0 Å². The van der Waals surface area contributed by atoms with E-state index in [1.807, 2.05) is 0 Å². The second-order valence-electron chi connectivity index (χ2n) is 6.74. The Morgan fingerprint density at radius 3 is 2.37 bits per heavy atom. The summed E-state index contributed by atoms with van der Waals surface area (Å²) in [6.07, 6.45) is 5.76. The highest BCUT2D eigenvalue weighted by atomic mass is 35.5. The van der Waals surface area contributed by atoms with Gasteiger partial charge in [0.1, 0.15) is 0 Å². The Bertz CT molecular complexity index is 878. The van der Waals surface area contributed by atoms with E-state index in [9.17, 15) is 23.1 Å². The molecule has 1 aromatic carbocycles. The lowest BCUT2D eigenvalue weighted by Gasteiger charge is -2.24. The van der Waals surface area contributed by atoms with Gasteiger partial charge in [-0.2, -0.15) is 4.31 Å². The molecule has 0 saturated carbocycles. The van der Waals surface area contributed by atoms with Crippen LogP contribution in [-0.2, 0) is 19.6 Å². The molecule has 7 nitrogen and oxygen atoms in total. The fourth-order valence-electron chi connectivity index (χ4n) is 3.44. The van der Waals surface area contributed by atoms with Crippen LogP contribution in [0.5, 0.6) is 0 Å². The zero-order valence-electron chi connectivity index (χ0n) is 14.6. The van der Waals surface area contributed by atoms with Crippen molar-refractivity contribution in [3.05, 3.63) is 35.4 Å². The van der Waals surface area contributed by atoms with Crippen LogP contribution >= 0.6 is 11.6 Å². The summed E-state index contributed by atoms with van der Waals surface area (Å²) in [5.74, 6) is -3.06. The smallest absolute Gasteiger partial charge is 0.307 e. The molecular weight excluding hydrogens is 392 g/mol. The van der Waals surface area contributed by atoms with Crippen molar-refractivity contribution in [1.29, 1.82) is 0 Å². The van der Waals surface area contributed by atoms with Crippen LogP contribution < -0.4 is 5.32 Å². The number of rotatable bonds is 5. The van der Waals surface area contributed by atoms with Crippen LogP contribution in [0.1, 0.15) is 25.7 Å². The quantitative estimate of drug-likeness (QED) is 0.723. The third-order valence-electron chi connectivity index (χ3n) is 4.98. The number of anilines is 1. The number of allylic oxidation sites excluding steroid dienone is 2. The summed E-state index contributed by atoms with van der Waals surface area (Å²) in [6, 6.07) is 4.17. The number of sulfonamides is 1. The maximum atomic E-state index is 12.7. The molecule has 0 bridgehead atoms. The summed E-state index contributed by atoms with van der Waals surface area (Å²) in [6.45, 7) is 0.947. The zero-order valence-corrected chi connectivity index (χ0v) is 16.2. The highest BCUT2D eigenvalue weighted by molar-refractivity contribution is 7.89. The van der Waals surface area contributed by atoms with Crippen molar-refractivity contribution in [2.45, 2.75) is 30.6 Å². The summed E-state index contributed by atoms with van der Waals surface area (Å²) >= 11 is 6.13. The minimum atomic E-state index is -3.64. The molecule has 1 saturated heterocycles. The third-order valence-corrected chi connectivity index (χ3v) is 7.21. The monoisotopic (exact) mass is 412 g/mol. The first-order valence-corrected chi connectivity index (χ1v) is 10.6. The molecule has 1 aromatic rings. The van der Waals surface area contributed by atoms with E-state index in [0.29, 0.717) is 19.5 Å². The molecule has 1 amide bonds. The van der Waals surface area contributed by atoms with Gasteiger partial charge in [-0.25, -0.2) is 8.42 Å². The Hall–Kier alpha value is -1.90. The molecule has 0 spiro atoms. The van der Waals surface area contributed by atoms with Crippen molar-refractivity contribution in [2.24, 2.45) is 11.8 Å². The van der Waals surface area contributed by atoms with Gasteiger partial charge < -0.3 is 10.4 Å². The van der Waals surface area contributed by atoms with Gasteiger partial charge in [0.25, 0.3) is 0 Å². The highest BCUT2D eigenvalue weighted by Gasteiger charge is 2.34. The molecule has 0 radical (unpaired) electrons. The predicted molar refractivity (Wildman–Crippen MR) is 101 cm³/mol. The summed E-state index contributed by atoms with van der Waals surface area (Å²) in [4.78, 5) is 24.1. The van der Waals surface area contributed by atoms with Crippen LogP contribution in [0.4, 0.5) is 5.69 Å². The van der Waals surface area contributed by atoms with Crippen LogP contribution in [0, 0.1) is 11.8 Å². The fraction of sp³-hybridized carbons (Fsp3) is 0.444. The van der Waals surface area contributed by atoms with Crippen LogP contribution in [0.15, 0.2) is 35.2 Å². The molecule has 2 aliphatic rings. The molecule has 1 heterocycles. The van der Waals surface area contributed by atoms with Crippen molar-refractivity contribution in [2.75, 3.05) is 18.4 Å². The molecular formula is C18H21ClN2O5S. The first-order valence-electron chi connectivity index (χ1n) is 8.79. The van der Waals surface area contributed by atoms with E-state index >= 15 is 0 Å². The number of halogens is 1. The van der Waals surface area contributed by atoms with Crippen LogP contribution in [0.25, 0.3) is 0 Å². The lowest BCUT2D eigenvalue weighted by Crippen LogP contribution is -2.35. The molecule has 0 unspecified atom stereocenters. The predicted octanol–water partition coefficient (Wildman–Crippen LogP) is 2.73. The lowest BCUT2D eigenvalue weighted by atomic mass is 9.82.